The average Bonchev–Trinajstić information content (AvgIpc) is 1.86. The molecule has 64 valence electrons. The van der Waals surface area contributed by atoms with Gasteiger partial charge in [-0.25, -0.2) is 9.98 Å². The molecule has 0 aromatic carbocycles. The molecule has 3 heteroatoms. The van der Waals surface area contributed by atoms with Gasteiger partial charge in [0, 0.05) is 13.1 Å². The van der Waals surface area contributed by atoms with Crippen molar-refractivity contribution in [2.75, 3.05) is 27.2 Å². The van der Waals surface area contributed by atoms with Crippen molar-refractivity contribution in [3.63, 3.8) is 0 Å². The van der Waals surface area contributed by atoms with Crippen molar-refractivity contribution >= 4 is 6.01 Å². The molecule has 0 aromatic heterocycles. The van der Waals surface area contributed by atoms with Crippen LogP contribution in [-0.4, -0.2) is 44.1 Å². The highest BCUT2D eigenvalue weighted by atomic mass is 15.1. The molecular weight excluding hydrogens is 138 g/mol. The topological polar surface area (TPSA) is 28.0 Å². The van der Waals surface area contributed by atoms with Crippen molar-refractivity contribution in [3.05, 3.63) is 0 Å². The second-order valence-electron chi connectivity index (χ2n) is 2.81. The summed E-state index contributed by atoms with van der Waals surface area (Å²) in [6.45, 7) is 5.74. The fourth-order valence-corrected chi connectivity index (χ4v) is 0.779. The van der Waals surface area contributed by atoms with Gasteiger partial charge in [-0.1, -0.05) is 0 Å². The number of hydrogen-bond donors (Lipinski definition) is 0. The van der Waals surface area contributed by atoms with Crippen LogP contribution in [0.4, 0.5) is 0 Å². The standard InChI is InChI=1S/C8H17N3/c1-5-9-7-10-8(2)6-11(3)4/h8H,5-6H2,1-4H3. The van der Waals surface area contributed by atoms with Gasteiger partial charge in [-0.2, -0.15) is 0 Å². The lowest BCUT2D eigenvalue weighted by molar-refractivity contribution is 0.384. The van der Waals surface area contributed by atoms with E-state index in [0.717, 1.165) is 13.1 Å². The summed E-state index contributed by atoms with van der Waals surface area (Å²) in [5, 5.41) is 0. The third-order valence-electron chi connectivity index (χ3n) is 1.14. The monoisotopic (exact) mass is 155 g/mol. The smallest absolute Gasteiger partial charge is 0.0895 e. The summed E-state index contributed by atoms with van der Waals surface area (Å²) in [5.41, 5.74) is 0. The Morgan fingerprint density at radius 3 is 2.55 bits per heavy atom. The zero-order valence-electron chi connectivity index (χ0n) is 7.83. The fraction of sp³-hybridized carbons (Fsp3) is 0.875. The minimum Gasteiger partial charge on any atom is -0.307 e. The first-order valence-electron chi connectivity index (χ1n) is 3.93. The first kappa shape index (κ1) is 10.3. The second-order valence-corrected chi connectivity index (χ2v) is 2.81. The molecule has 0 aliphatic heterocycles. The molecule has 0 aliphatic rings. The molecule has 0 rings (SSSR count). The van der Waals surface area contributed by atoms with Crippen LogP contribution in [-0.2, 0) is 0 Å². The number of hydrogen-bond acceptors (Lipinski definition) is 3. The van der Waals surface area contributed by atoms with Crippen LogP contribution in [0.2, 0.25) is 0 Å². The third-order valence-corrected chi connectivity index (χ3v) is 1.14. The molecule has 0 N–H and O–H groups in total. The Kier molecular flexibility index (Phi) is 5.71. The van der Waals surface area contributed by atoms with E-state index in [1.165, 1.54) is 0 Å². The lowest BCUT2D eigenvalue weighted by Gasteiger charge is -2.10. The van der Waals surface area contributed by atoms with E-state index in [9.17, 15) is 0 Å². The molecule has 0 aromatic rings. The van der Waals surface area contributed by atoms with Crippen molar-refractivity contribution in [2.45, 2.75) is 19.9 Å². The summed E-state index contributed by atoms with van der Waals surface area (Å²) in [5.74, 6) is 0. The normalized spacial score (nSPS) is 12.5. The maximum Gasteiger partial charge on any atom is 0.0895 e. The molecule has 0 bridgehead atoms. The zero-order chi connectivity index (χ0) is 8.69. The molecule has 0 amide bonds. The van der Waals surface area contributed by atoms with Crippen molar-refractivity contribution in [2.24, 2.45) is 9.98 Å². The van der Waals surface area contributed by atoms with Gasteiger partial charge in [0.1, 0.15) is 0 Å². The molecule has 0 spiro atoms. The Morgan fingerprint density at radius 1 is 1.45 bits per heavy atom. The minimum atomic E-state index is 0.292. The van der Waals surface area contributed by atoms with Crippen LogP contribution < -0.4 is 0 Å². The van der Waals surface area contributed by atoms with Crippen LogP contribution in [0, 0.1) is 0 Å². The van der Waals surface area contributed by atoms with Gasteiger partial charge in [0.05, 0.1) is 12.1 Å². The Hall–Kier alpha value is -0.660. The molecule has 0 aliphatic carbocycles. The maximum atomic E-state index is 4.10. The van der Waals surface area contributed by atoms with E-state index in [1.54, 1.807) is 0 Å². The molecule has 3 nitrogen and oxygen atoms in total. The Bertz CT molecular complexity index is 145. The largest absolute Gasteiger partial charge is 0.307 e. The average molecular weight is 155 g/mol. The predicted octanol–water partition coefficient (Wildman–Crippen LogP) is 1.13. The van der Waals surface area contributed by atoms with Gasteiger partial charge >= 0.3 is 0 Å². The highest BCUT2D eigenvalue weighted by Gasteiger charge is 1.97. The Balaban J connectivity index is 3.67. The highest BCUT2D eigenvalue weighted by Crippen LogP contribution is 1.88. The molecule has 0 fully saturated rings. The summed E-state index contributed by atoms with van der Waals surface area (Å²) in [6.07, 6.45) is 0. The predicted molar refractivity (Wildman–Crippen MR) is 48.4 cm³/mol. The van der Waals surface area contributed by atoms with E-state index < -0.39 is 0 Å². The van der Waals surface area contributed by atoms with Gasteiger partial charge in [0.25, 0.3) is 0 Å². The van der Waals surface area contributed by atoms with Gasteiger partial charge in [-0.05, 0) is 27.9 Å². The lowest BCUT2D eigenvalue weighted by atomic mass is 10.3. The molecule has 0 saturated carbocycles. The first-order chi connectivity index (χ1) is 5.16. The van der Waals surface area contributed by atoms with E-state index in [1.807, 2.05) is 21.0 Å². The van der Waals surface area contributed by atoms with Gasteiger partial charge in [-0.15, -0.1) is 0 Å². The summed E-state index contributed by atoms with van der Waals surface area (Å²) in [6, 6.07) is 2.96. The van der Waals surface area contributed by atoms with Crippen molar-refractivity contribution in [1.82, 2.24) is 4.90 Å². The fourth-order valence-electron chi connectivity index (χ4n) is 0.779. The molecule has 11 heavy (non-hydrogen) atoms. The van der Waals surface area contributed by atoms with E-state index in [4.69, 9.17) is 0 Å². The highest BCUT2D eigenvalue weighted by molar-refractivity contribution is 5.41. The minimum absolute atomic E-state index is 0.292. The quantitative estimate of drug-likeness (QED) is 0.559. The molecule has 0 heterocycles. The van der Waals surface area contributed by atoms with Gasteiger partial charge in [-0.3, -0.25) is 0 Å². The van der Waals surface area contributed by atoms with Gasteiger partial charge in [0.2, 0.25) is 0 Å². The second kappa shape index (κ2) is 6.08. The van der Waals surface area contributed by atoms with Crippen LogP contribution in [0.15, 0.2) is 9.98 Å². The van der Waals surface area contributed by atoms with E-state index >= 15 is 0 Å². The summed E-state index contributed by atoms with van der Waals surface area (Å²) >= 11 is 0. The molecule has 1 unspecified atom stereocenters. The van der Waals surface area contributed by atoms with Crippen LogP contribution >= 0.6 is 0 Å². The van der Waals surface area contributed by atoms with Gasteiger partial charge < -0.3 is 4.90 Å². The summed E-state index contributed by atoms with van der Waals surface area (Å²) < 4.78 is 0. The molecular formula is C8H17N3. The number of rotatable bonds is 4. The molecule has 0 saturated heterocycles. The van der Waals surface area contributed by atoms with Crippen molar-refractivity contribution in [3.8, 4) is 0 Å². The van der Waals surface area contributed by atoms with Crippen LogP contribution in [0.3, 0.4) is 0 Å². The lowest BCUT2D eigenvalue weighted by Crippen LogP contribution is -2.21. The number of likely N-dealkylation sites (N-methyl/N-ethyl adjacent to an activating group) is 1. The summed E-state index contributed by atoms with van der Waals surface area (Å²) in [4.78, 5) is 10.1. The van der Waals surface area contributed by atoms with E-state index in [2.05, 4.69) is 27.8 Å². The van der Waals surface area contributed by atoms with Crippen LogP contribution in [0.25, 0.3) is 0 Å². The number of nitrogens with zero attached hydrogens (tertiary/aromatic N) is 3. The van der Waals surface area contributed by atoms with E-state index in [-0.39, 0.29) is 0 Å². The first-order valence-corrected chi connectivity index (χ1v) is 3.93. The summed E-state index contributed by atoms with van der Waals surface area (Å²) in [7, 11) is 4.06. The van der Waals surface area contributed by atoms with Crippen LogP contribution in [0.5, 0.6) is 0 Å². The van der Waals surface area contributed by atoms with E-state index in [0.29, 0.717) is 6.04 Å². The molecule has 0 radical (unpaired) electrons. The maximum absolute atomic E-state index is 4.10. The van der Waals surface area contributed by atoms with Gasteiger partial charge in [0.15, 0.2) is 0 Å². The number of aliphatic imine (C=N–C) groups is 2. The third kappa shape index (κ3) is 7.23. The van der Waals surface area contributed by atoms with Crippen molar-refractivity contribution < 1.29 is 0 Å². The molecule has 1 atom stereocenters. The van der Waals surface area contributed by atoms with Crippen LogP contribution in [0.1, 0.15) is 13.8 Å². The Morgan fingerprint density at radius 2 is 2.09 bits per heavy atom. The zero-order valence-corrected chi connectivity index (χ0v) is 7.83. The Labute approximate surface area is 68.8 Å². The van der Waals surface area contributed by atoms with Crippen molar-refractivity contribution in [1.29, 1.82) is 0 Å². The SMILES string of the molecule is CCN=C=NC(C)CN(C)C.